The molecule has 0 aliphatic carbocycles. The number of carbonyl (C=O) groups is 1. The molecule has 0 amide bonds. The molecule has 3 heteroatoms. The summed E-state index contributed by atoms with van der Waals surface area (Å²) in [5.74, 6) is 0.248. The minimum Gasteiger partial charge on any atom is -0.378 e. The third-order valence-electron chi connectivity index (χ3n) is 4.81. The Morgan fingerprint density at radius 2 is 1.64 bits per heavy atom. The lowest BCUT2D eigenvalue weighted by molar-refractivity contribution is 0.0979. The van der Waals surface area contributed by atoms with Gasteiger partial charge in [-0.25, -0.2) is 0 Å². The van der Waals surface area contributed by atoms with Crippen molar-refractivity contribution in [1.82, 2.24) is 0 Å². The van der Waals surface area contributed by atoms with Gasteiger partial charge in [-0.15, -0.1) is 0 Å². The van der Waals surface area contributed by atoms with E-state index < -0.39 is 0 Å². The zero-order valence-electron chi connectivity index (χ0n) is 15.0. The van der Waals surface area contributed by atoms with E-state index in [0.717, 1.165) is 51.1 Å². The second kappa shape index (κ2) is 8.82. The number of morpholine rings is 1. The summed E-state index contributed by atoms with van der Waals surface area (Å²) in [5.41, 5.74) is 4.65. The van der Waals surface area contributed by atoms with Crippen LogP contribution in [0.4, 0.5) is 5.69 Å². The minimum absolute atomic E-state index is 0.248. The number of anilines is 1. The van der Waals surface area contributed by atoms with Gasteiger partial charge in [-0.2, -0.15) is 0 Å². The van der Waals surface area contributed by atoms with Crippen molar-refractivity contribution in [3.63, 3.8) is 0 Å². The molecule has 1 aliphatic rings. The number of ether oxygens (including phenoxy) is 1. The molecule has 2 aromatic rings. The van der Waals surface area contributed by atoms with Gasteiger partial charge in [0.1, 0.15) is 0 Å². The summed E-state index contributed by atoms with van der Waals surface area (Å²) in [5, 5.41) is 0. The average molecular weight is 337 g/mol. The predicted molar refractivity (Wildman–Crippen MR) is 103 cm³/mol. The van der Waals surface area contributed by atoms with E-state index in [2.05, 4.69) is 48.2 Å². The third-order valence-corrected chi connectivity index (χ3v) is 4.81. The normalized spacial score (nSPS) is 14.5. The highest BCUT2D eigenvalue weighted by Gasteiger charge is 2.12. The fourth-order valence-electron chi connectivity index (χ4n) is 3.19. The van der Waals surface area contributed by atoms with Gasteiger partial charge in [0.25, 0.3) is 0 Å². The molecule has 132 valence electrons. The number of rotatable bonds is 7. The Kier molecular flexibility index (Phi) is 6.24. The van der Waals surface area contributed by atoms with E-state index in [0.29, 0.717) is 6.42 Å². The monoisotopic (exact) mass is 337 g/mol. The molecule has 3 nitrogen and oxygen atoms in total. The Labute approximate surface area is 150 Å². The first-order valence-corrected chi connectivity index (χ1v) is 9.24. The molecule has 0 aromatic heterocycles. The van der Waals surface area contributed by atoms with E-state index in [1.165, 1.54) is 16.8 Å². The number of hydrogen-bond acceptors (Lipinski definition) is 3. The summed E-state index contributed by atoms with van der Waals surface area (Å²) >= 11 is 0. The molecular formula is C22H27NO2. The summed E-state index contributed by atoms with van der Waals surface area (Å²) in [4.78, 5) is 14.7. The standard InChI is InChI=1S/C22H27NO2/c1-18-6-8-19(9-7-18)4-2-3-5-22(24)20-10-12-21(13-11-20)23-14-16-25-17-15-23/h6-13H,2-5,14-17H2,1H3. The van der Waals surface area contributed by atoms with Crippen LogP contribution in [-0.4, -0.2) is 32.1 Å². The molecule has 0 N–H and O–H groups in total. The topological polar surface area (TPSA) is 29.5 Å². The minimum atomic E-state index is 0.248. The molecule has 3 rings (SSSR count). The van der Waals surface area contributed by atoms with Gasteiger partial charge < -0.3 is 9.64 Å². The van der Waals surface area contributed by atoms with Crippen molar-refractivity contribution in [3.8, 4) is 0 Å². The van der Waals surface area contributed by atoms with Crippen molar-refractivity contribution < 1.29 is 9.53 Å². The number of nitrogens with zero attached hydrogens (tertiary/aromatic N) is 1. The largest absolute Gasteiger partial charge is 0.378 e. The molecule has 0 atom stereocenters. The fraction of sp³-hybridized carbons (Fsp3) is 0.409. The second-order valence-corrected chi connectivity index (χ2v) is 6.76. The van der Waals surface area contributed by atoms with Crippen LogP contribution in [-0.2, 0) is 11.2 Å². The summed E-state index contributed by atoms with van der Waals surface area (Å²) in [6, 6.07) is 16.7. The molecule has 0 radical (unpaired) electrons. The van der Waals surface area contributed by atoms with Crippen molar-refractivity contribution in [1.29, 1.82) is 0 Å². The Balaban J connectivity index is 1.43. The molecule has 1 fully saturated rings. The Hall–Kier alpha value is -2.13. The number of carbonyl (C=O) groups excluding carboxylic acids is 1. The number of unbranched alkanes of at least 4 members (excludes halogenated alkanes) is 1. The van der Waals surface area contributed by atoms with Gasteiger partial charge in [0.2, 0.25) is 0 Å². The predicted octanol–water partition coefficient (Wildman–Crippen LogP) is 4.43. The molecule has 1 heterocycles. The van der Waals surface area contributed by atoms with Crippen LogP contribution in [0.3, 0.4) is 0 Å². The summed E-state index contributed by atoms with van der Waals surface area (Å²) in [7, 11) is 0. The quantitative estimate of drug-likeness (QED) is 0.553. The number of hydrogen-bond donors (Lipinski definition) is 0. The number of ketones is 1. The van der Waals surface area contributed by atoms with Crippen molar-refractivity contribution >= 4 is 11.5 Å². The number of benzene rings is 2. The maximum absolute atomic E-state index is 12.4. The molecule has 2 aromatic carbocycles. The van der Waals surface area contributed by atoms with Crippen molar-refractivity contribution in [2.24, 2.45) is 0 Å². The lowest BCUT2D eigenvalue weighted by atomic mass is 10.0. The summed E-state index contributed by atoms with van der Waals surface area (Å²) < 4.78 is 5.38. The molecule has 0 unspecified atom stereocenters. The van der Waals surface area contributed by atoms with Crippen LogP contribution in [0.5, 0.6) is 0 Å². The van der Waals surface area contributed by atoms with Gasteiger partial charge in [0, 0.05) is 30.8 Å². The van der Waals surface area contributed by atoms with E-state index in [-0.39, 0.29) is 5.78 Å². The van der Waals surface area contributed by atoms with E-state index in [1.54, 1.807) is 0 Å². The smallest absolute Gasteiger partial charge is 0.162 e. The summed E-state index contributed by atoms with van der Waals surface area (Å²) in [6.45, 7) is 5.51. The second-order valence-electron chi connectivity index (χ2n) is 6.76. The van der Waals surface area contributed by atoms with Crippen LogP contribution in [0.1, 0.15) is 40.7 Å². The van der Waals surface area contributed by atoms with Crippen LogP contribution >= 0.6 is 0 Å². The van der Waals surface area contributed by atoms with Gasteiger partial charge in [0.05, 0.1) is 13.2 Å². The van der Waals surface area contributed by atoms with Gasteiger partial charge in [-0.3, -0.25) is 4.79 Å². The average Bonchev–Trinajstić information content (AvgIpc) is 2.67. The molecule has 1 saturated heterocycles. The fourth-order valence-corrected chi connectivity index (χ4v) is 3.19. The lowest BCUT2D eigenvalue weighted by Gasteiger charge is -2.28. The molecule has 0 bridgehead atoms. The van der Waals surface area contributed by atoms with Crippen LogP contribution < -0.4 is 4.90 Å². The van der Waals surface area contributed by atoms with Gasteiger partial charge >= 0.3 is 0 Å². The van der Waals surface area contributed by atoms with Crippen molar-refractivity contribution in [2.75, 3.05) is 31.2 Å². The maximum Gasteiger partial charge on any atom is 0.162 e. The Morgan fingerprint density at radius 1 is 0.960 bits per heavy atom. The molecule has 0 spiro atoms. The van der Waals surface area contributed by atoms with Crippen LogP contribution in [0.25, 0.3) is 0 Å². The Bertz CT molecular complexity index is 670. The molecule has 1 aliphatic heterocycles. The van der Waals surface area contributed by atoms with Crippen LogP contribution in [0.2, 0.25) is 0 Å². The van der Waals surface area contributed by atoms with E-state index in [4.69, 9.17) is 4.74 Å². The van der Waals surface area contributed by atoms with Crippen molar-refractivity contribution in [2.45, 2.75) is 32.6 Å². The first kappa shape index (κ1) is 17.7. The van der Waals surface area contributed by atoms with Gasteiger partial charge in [-0.1, -0.05) is 29.8 Å². The SMILES string of the molecule is Cc1ccc(CCCCC(=O)c2ccc(N3CCOCC3)cc2)cc1. The molecular weight excluding hydrogens is 310 g/mol. The van der Waals surface area contributed by atoms with Crippen LogP contribution in [0, 0.1) is 6.92 Å². The highest BCUT2D eigenvalue weighted by Crippen LogP contribution is 2.18. The van der Waals surface area contributed by atoms with E-state index in [9.17, 15) is 4.79 Å². The van der Waals surface area contributed by atoms with E-state index in [1.807, 2.05) is 12.1 Å². The number of Topliss-reactive ketones (excluding diaryl/α,β-unsaturated/α-hetero) is 1. The van der Waals surface area contributed by atoms with Gasteiger partial charge in [0.15, 0.2) is 5.78 Å². The third kappa shape index (κ3) is 5.17. The Morgan fingerprint density at radius 3 is 2.32 bits per heavy atom. The van der Waals surface area contributed by atoms with Gasteiger partial charge in [-0.05, 0) is 56.0 Å². The van der Waals surface area contributed by atoms with Crippen LogP contribution in [0.15, 0.2) is 48.5 Å². The maximum atomic E-state index is 12.4. The summed E-state index contributed by atoms with van der Waals surface area (Å²) in [6.07, 6.45) is 3.67. The highest BCUT2D eigenvalue weighted by molar-refractivity contribution is 5.96. The number of aryl methyl sites for hydroxylation is 2. The van der Waals surface area contributed by atoms with Crippen molar-refractivity contribution in [3.05, 3.63) is 65.2 Å². The first-order valence-electron chi connectivity index (χ1n) is 9.24. The first-order chi connectivity index (χ1) is 12.2. The zero-order chi connectivity index (χ0) is 17.5. The highest BCUT2D eigenvalue weighted by atomic mass is 16.5. The molecule has 25 heavy (non-hydrogen) atoms. The zero-order valence-corrected chi connectivity index (χ0v) is 15.0. The molecule has 0 saturated carbocycles. The lowest BCUT2D eigenvalue weighted by Crippen LogP contribution is -2.36. The van der Waals surface area contributed by atoms with E-state index >= 15 is 0 Å².